The molecule has 0 unspecified atom stereocenters. The molecular weight excluding hydrogens is 238 g/mol. The molecule has 0 bridgehead atoms. The normalized spacial score (nSPS) is 18.3. The largest absolute Gasteiger partial charge is 0.328 e. The molecule has 1 aromatic heterocycles. The van der Waals surface area contributed by atoms with Crippen molar-refractivity contribution in [3.63, 3.8) is 0 Å². The van der Waals surface area contributed by atoms with Crippen LogP contribution < -0.4 is 4.90 Å². The summed E-state index contributed by atoms with van der Waals surface area (Å²) < 4.78 is 0. The van der Waals surface area contributed by atoms with Crippen molar-refractivity contribution in [1.82, 2.24) is 20.0 Å². The third kappa shape index (κ3) is 2.39. The van der Waals surface area contributed by atoms with Crippen LogP contribution in [0.5, 0.6) is 0 Å². The van der Waals surface area contributed by atoms with Gasteiger partial charge < -0.3 is 4.90 Å². The van der Waals surface area contributed by atoms with Gasteiger partial charge in [-0.05, 0) is 7.05 Å². The van der Waals surface area contributed by atoms with Crippen LogP contribution >= 0.6 is 11.3 Å². The van der Waals surface area contributed by atoms with Gasteiger partial charge in [0.1, 0.15) is 5.01 Å². The first-order chi connectivity index (χ1) is 7.99. The summed E-state index contributed by atoms with van der Waals surface area (Å²) in [4.78, 5) is 17.4. The summed E-state index contributed by atoms with van der Waals surface area (Å²) >= 11 is 1.48. The Kier molecular flexibility index (Phi) is 3.30. The minimum Gasteiger partial charge on any atom is -0.314 e. The molecule has 6 nitrogen and oxygen atoms in total. The Bertz CT molecular complexity index is 419. The molecule has 1 saturated heterocycles. The first-order valence-electron chi connectivity index (χ1n) is 5.53. The minimum atomic E-state index is -0.0189. The van der Waals surface area contributed by atoms with Crippen molar-refractivity contribution < 1.29 is 4.79 Å². The lowest BCUT2D eigenvalue weighted by Crippen LogP contribution is -2.55. The van der Waals surface area contributed by atoms with Crippen LogP contribution in [0.4, 0.5) is 9.93 Å². The molecule has 1 aliphatic heterocycles. The topological polar surface area (TPSA) is 52.6 Å². The van der Waals surface area contributed by atoms with Crippen molar-refractivity contribution in [2.45, 2.75) is 19.8 Å². The average molecular weight is 255 g/mol. The molecule has 0 saturated carbocycles. The predicted octanol–water partition coefficient (Wildman–Crippen LogP) is 1.38. The second-order valence-electron chi connectivity index (χ2n) is 4.63. The van der Waals surface area contributed by atoms with Gasteiger partial charge in [-0.2, -0.15) is 0 Å². The van der Waals surface area contributed by atoms with Crippen molar-refractivity contribution in [2.24, 2.45) is 0 Å². The SMILES string of the molecule is CC(C)c1nnc(N2CN(C)CN(C)C2=O)s1. The summed E-state index contributed by atoms with van der Waals surface area (Å²) in [6.45, 7) is 5.35. The molecule has 7 heteroatoms. The number of nitrogens with zero attached hydrogens (tertiary/aromatic N) is 5. The van der Waals surface area contributed by atoms with Gasteiger partial charge in [0.25, 0.3) is 0 Å². The van der Waals surface area contributed by atoms with E-state index in [9.17, 15) is 4.79 Å². The first-order valence-corrected chi connectivity index (χ1v) is 6.35. The second kappa shape index (κ2) is 4.58. The summed E-state index contributed by atoms with van der Waals surface area (Å²) in [5, 5.41) is 9.85. The molecule has 2 amide bonds. The van der Waals surface area contributed by atoms with Gasteiger partial charge in [-0.15, -0.1) is 10.2 Å². The Hall–Kier alpha value is -1.21. The van der Waals surface area contributed by atoms with E-state index < -0.39 is 0 Å². The number of anilines is 1. The van der Waals surface area contributed by atoms with Gasteiger partial charge in [0.05, 0.1) is 13.3 Å². The lowest BCUT2D eigenvalue weighted by Gasteiger charge is -2.37. The molecule has 0 aliphatic carbocycles. The zero-order valence-corrected chi connectivity index (χ0v) is 11.4. The Morgan fingerprint density at radius 1 is 1.24 bits per heavy atom. The number of rotatable bonds is 2. The van der Waals surface area contributed by atoms with Crippen LogP contribution in [-0.2, 0) is 0 Å². The van der Waals surface area contributed by atoms with E-state index in [1.807, 2.05) is 7.05 Å². The zero-order valence-electron chi connectivity index (χ0n) is 10.5. The highest BCUT2D eigenvalue weighted by Crippen LogP contribution is 2.27. The Balaban J connectivity index is 2.22. The first kappa shape index (κ1) is 12.3. The molecule has 2 rings (SSSR count). The predicted molar refractivity (Wildman–Crippen MR) is 67.1 cm³/mol. The summed E-state index contributed by atoms with van der Waals surface area (Å²) in [7, 11) is 3.76. The molecule has 94 valence electrons. The van der Waals surface area contributed by atoms with E-state index in [1.165, 1.54) is 11.3 Å². The van der Waals surface area contributed by atoms with Gasteiger partial charge in [-0.3, -0.25) is 9.80 Å². The van der Waals surface area contributed by atoms with Crippen molar-refractivity contribution in [3.05, 3.63) is 5.01 Å². The molecule has 1 aromatic rings. The lowest BCUT2D eigenvalue weighted by molar-refractivity contribution is 0.148. The monoisotopic (exact) mass is 255 g/mol. The van der Waals surface area contributed by atoms with Crippen LogP contribution in [0.3, 0.4) is 0 Å². The van der Waals surface area contributed by atoms with Gasteiger partial charge in [0, 0.05) is 13.0 Å². The Morgan fingerprint density at radius 3 is 2.53 bits per heavy atom. The van der Waals surface area contributed by atoms with E-state index >= 15 is 0 Å². The second-order valence-corrected chi connectivity index (χ2v) is 5.61. The summed E-state index contributed by atoms with van der Waals surface area (Å²) in [6.07, 6.45) is 0. The zero-order chi connectivity index (χ0) is 12.6. The molecule has 0 atom stereocenters. The van der Waals surface area contributed by atoms with Gasteiger partial charge >= 0.3 is 6.03 Å². The van der Waals surface area contributed by atoms with E-state index in [2.05, 4.69) is 28.9 Å². The van der Waals surface area contributed by atoms with Crippen LogP contribution in [0.15, 0.2) is 0 Å². The van der Waals surface area contributed by atoms with E-state index in [1.54, 1.807) is 16.8 Å². The molecule has 0 radical (unpaired) electrons. The fourth-order valence-electron chi connectivity index (χ4n) is 1.69. The van der Waals surface area contributed by atoms with Crippen LogP contribution in [0.1, 0.15) is 24.8 Å². The maximum absolute atomic E-state index is 12.0. The van der Waals surface area contributed by atoms with Gasteiger partial charge in [0.15, 0.2) is 0 Å². The average Bonchev–Trinajstić information content (AvgIpc) is 2.72. The third-order valence-electron chi connectivity index (χ3n) is 2.55. The number of hydrogen-bond acceptors (Lipinski definition) is 5. The number of aromatic nitrogens is 2. The number of urea groups is 1. The van der Waals surface area contributed by atoms with E-state index in [0.29, 0.717) is 24.4 Å². The summed E-state index contributed by atoms with van der Waals surface area (Å²) in [6, 6.07) is -0.0189. The Labute approximate surface area is 105 Å². The van der Waals surface area contributed by atoms with Crippen molar-refractivity contribution >= 4 is 22.5 Å². The van der Waals surface area contributed by atoms with E-state index in [0.717, 1.165) is 5.01 Å². The number of hydrogen-bond donors (Lipinski definition) is 0. The fourth-order valence-corrected chi connectivity index (χ4v) is 2.52. The molecule has 0 N–H and O–H groups in total. The van der Waals surface area contributed by atoms with Gasteiger partial charge in [-0.1, -0.05) is 25.2 Å². The van der Waals surface area contributed by atoms with Crippen molar-refractivity contribution in [3.8, 4) is 0 Å². The highest BCUT2D eigenvalue weighted by atomic mass is 32.1. The van der Waals surface area contributed by atoms with E-state index in [4.69, 9.17) is 0 Å². The van der Waals surface area contributed by atoms with E-state index in [-0.39, 0.29) is 6.03 Å². The molecule has 17 heavy (non-hydrogen) atoms. The van der Waals surface area contributed by atoms with Gasteiger partial charge in [-0.25, -0.2) is 4.79 Å². The number of amides is 2. The van der Waals surface area contributed by atoms with Crippen molar-refractivity contribution in [1.29, 1.82) is 0 Å². The molecule has 2 heterocycles. The summed E-state index contributed by atoms with van der Waals surface area (Å²) in [5.74, 6) is 0.344. The standard InChI is InChI=1S/C10H17N5OS/c1-7(2)8-11-12-9(17-8)15-6-13(3)5-14(4)10(15)16/h7H,5-6H2,1-4H3. The molecule has 1 fully saturated rings. The molecule has 0 spiro atoms. The number of carbonyl (C=O) groups excluding carboxylic acids is 1. The lowest BCUT2D eigenvalue weighted by atomic mass is 10.2. The fraction of sp³-hybridized carbons (Fsp3) is 0.700. The molecular formula is C10H17N5OS. The number of carbonyl (C=O) groups is 1. The maximum Gasteiger partial charge on any atom is 0.328 e. The molecule has 1 aliphatic rings. The Morgan fingerprint density at radius 2 is 1.94 bits per heavy atom. The quantitative estimate of drug-likeness (QED) is 0.801. The van der Waals surface area contributed by atoms with Crippen LogP contribution in [0.25, 0.3) is 0 Å². The maximum atomic E-state index is 12.0. The van der Waals surface area contributed by atoms with Crippen molar-refractivity contribution in [2.75, 3.05) is 32.3 Å². The van der Waals surface area contributed by atoms with Gasteiger partial charge in [0.2, 0.25) is 5.13 Å². The minimum absolute atomic E-state index is 0.0189. The summed E-state index contributed by atoms with van der Waals surface area (Å²) in [5.41, 5.74) is 0. The smallest absolute Gasteiger partial charge is 0.314 e. The highest BCUT2D eigenvalue weighted by molar-refractivity contribution is 7.15. The highest BCUT2D eigenvalue weighted by Gasteiger charge is 2.29. The van der Waals surface area contributed by atoms with Crippen LogP contribution in [-0.4, -0.2) is 53.5 Å². The third-order valence-corrected chi connectivity index (χ3v) is 3.80. The van der Waals surface area contributed by atoms with Crippen LogP contribution in [0.2, 0.25) is 0 Å². The van der Waals surface area contributed by atoms with Crippen LogP contribution in [0, 0.1) is 0 Å². The molecule has 0 aromatic carbocycles.